The predicted molar refractivity (Wildman–Crippen MR) is 73.4 cm³/mol. The van der Waals surface area contributed by atoms with E-state index in [-0.39, 0.29) is 0 Å². The average Bonchev–Trinajstić information content (AvgIpc) is 2.68. The van der Waals surface area contributed by atoms with Gasteiger partial charge in [0.25, 0.3) is 0 Å². The molecule has 96 valence electrons. The van der Waals surface area contributed by atoms with Crippen LogP contribution in [0.2, 0.25) is 0 Å². The molecule has 4 heteroatoms. The largest absolute Gasteiger partial charge is 0.312 e. The Morgan fingerprint density at radius 1 is 1.59 bits per heavy atom. The molecule has 2 unspecified atom stereocenters. The number of hydrogen-bond donors (Lipinski definition) is 1. The van der Waals surface area contributed by atoms with Crippen molar-refractivity contribution in [1.29, 1.82) is 0 Å². The monoisotopic (exact) mass is 253 g/mol. The van der Waals surface area contributed by atoms with Gasteiger partial charge in [-0.05, 0) is 39.3 Å². The highest BCUT2D eigenvalue weighted by Crippen LogP contribution is 2.18. The summed E-state index contributed by atoms with van der Waals surface area (Å²) in [4.78, 5) is 8.12. The van der Waals surface area contributed by atoms with Crippen LogP contribution in [0.3, 0.4) is 0 Å². The highest BCUT2D eigenvalue weighted by atomic mass is 32.1. The molecule has 2 rings (SSSR count). The van der Waals surface area contributed by atoms with Gasteiger partial charge in [0.1, 0.15) is 0 Å². The Balaban J connectivity index is 1.84. The van der Waals surface area contributed by atoms with Crippen LogP contribution in [0.1, 0.15) is 30.3 Å². The van der Waals surface area contributed by atoms with Crippen LogP contribution in [-0.2, 0) is 6.54 Å². The van der Waals surface area contributed by atoms with E-state index in [4.69, 9.17) is 0 Å². The molecule has 1 aromatic rings. The second-order valence-corrected chi connectivity index (χ2v) is 6.18. The number of nitrogens with zero attached hydrogens (tertiary/aromatic N) is 2. The Labute approximate surface area is 108 Å². The van der Waals surface area contributed by atoms with E-state index in [0.717, 1.165) is 19.0 Å². The summed E-state index contributed by atoms with van der Waals surface area (Å²) < 4.78 is 0. The maximum absolute atomic E-state index is 4.31. The molecule has 3 nitrogen and oxygen atoms in total. The first kappa shape index (κ1) is 13.0. The molecule has 0 radical (unpaired) electrons. The van der Waals surface area contributed by atoms with Crippen LogP contribution in [0, 0.1) is 12.8 Å². The zero-order valence-electron chi connectivity index (χ0n) is 11.1. The fourth-order valence-corrected chi connectivity index (χ4v) is 3.34. The van der Waals surface area contributed by atoms with Crippen molar-refractivity contribution in [1.82, 2.24) is 15.2 Å². The fourth-order valence-electron chi connectivity index (χ4n) is 2.48. The Bertz CT molecular complexity index is 350. The van der Waals surface area contributed by atoms with Crippen LogP contribution in [0.25, 0.3) is 0 Å². The molecular formula is C13H23N3S. The summed E-state index contributed by atoms with van der Waals surface area (Å²) in [6.45, 7) is 7.81. The van der Waals surface area contributed by atoms with Gasteiger partial charge in [0.05, 0.1) is 11.2 Å². The quantitative estimate of drug-likeness (QED) is 0.892. The minimum atomic E-state index is 0.655. The summed E-state index contributed by atoms with van der Waals surface area (Å²) in [6.07, 6.45) is 2.69. The van der Waals surface area contributed by atoms with E-state index >= 15 is 0 Å². The molecule has 1 saturated heterocycles. The molecule has 0 spiro atoms. The second-order valence-electron chi connectivity index (χ2n) is 5.24. The summed E-state index contributed by atoms with van der Waals surface area (Å²) >= 11 is 1.77. The second kappa shape index (κ2) is 5.94. The third-order valence-electron chi connectivity index (χ3n) is 3.70. The summed E-state index contributed by atoms with van der Waals surface area (Å²) in [5.41, 5.74) is 3.13. The minimum Gasteiger partial charge on any atom is -0.312 e. The summed E-state index contributed by atoms with van der Waals surface area (Å²) in [6, 6.07) is 0.655. The zero-order valence-corrected chi connectivity index (χ0v) is 11.9. The molecule has 1 fully saturated rings. The Morgan fingerprint density at radius 3 is 3.06 bits per heavy atom. The number of piperidine rings is 1. The summed E-state index contributed by atoms with van der Waals surface area (Å²) in [5, 5.41) is 3.64. The van der Waals surface area contributed by atoms with Crippen molar-refractivity contribution in [2.24, 2.45) is 5.92 Å². The van der Waals surface area contributed by atoms with Gasteiger partial charge in [0, 0.05) is 24.0 Å². The molecule has 1 N–H and O–H groups in total. The smallest absolute Gasteiger partial charge is 0.0798 e. The molecule has 1 aromatic heterocycles. The van der Waals surface area contributed by atoms with Crippen LogP contribution in [0.5, 0.6) is 0 Å². The van der Waals surface area contributed by atoms with Crippen molar-refractivity contribution in [2.45, 2.75) is 39.3 Å². The molecule has 1 aliphatic heterocycles. The van der Waals surface area contributed by atoms with Crippen LogP contribution < -0.4 is 5.32 Å². The SMILES string of the molecule is Cc1ncsc1CN(C)CC1NCCCC1C. The van der Waals surface area contributed by atoms with Gasteiger partial charge < -0.3 is 5.32 Å². The van der Waals surface area contributed by atoms with Gasteiger partial charge in [-0.1, -0.05) is 6.92 Å². The van der Waals surface area contributed by atoms with Gasteiger partial charge in [0.2, 0.25) is 0 Å². The number of hydrogen-bond acceptors (Lipinski definition) is 4. The van der Waals surface area contributed by atoms with Gasteiger partial charge in [-0.2, -0.15) is 0 Å². The first-order chi connectivity index (χ1) is 8.16. The normalized spacial score (nSPS) is 25.4. The standard InChI is InChI=1S/C13H23N3S/c1-10-5-4-6-14-12(10)7-16(3)8-13-11(2)15-9-17-13/h9-10,12,14H,4-8H2,1-3H3. The minimum absolute atomic E-state index is 0.655. The van der Waals surface area contributed by atoms with Crippen molar-refractivity contribution in [2.75, 3.05) is 20.1 Å². The lowest BCUT2D eigenvalue weighted by Gasteiger charge is -2.33. The Hall–Kier alpha value is -0.450. The molecule has 2 heterocycles. The number of rotatable bonds is 4. The third-order valence-corrected chi connectivity index (χ3v) is 4.62. The Kier molecular flexibility index (Phi) is 4.54. The molecule has 0 saturated carbocycles. The van der Waals surface area contributed by atoms with Crippen molar-refractivity contribution in [3.63, 3.8) is 0 Å². The van der Waals surface area contributed by atoms with E-state index in [9.17, 15) is 0 Å². The van der Waals surface area contributed by atoms with Gasteiger partial charge >= 0.3 is 0 Å². The third kappa shape index (κ3) is 3.50. The molecule has 1 aliphatic rings. The van der Waals surface area contributed by atoms with Crippen LogP contribution in [-0.4, -0.2) is 36.1 Å². The number of aromatic nitrogens is 1. The molecule has 0 aromatic carbocycles. The van der Waals surface area contributed by atoms with E-state index in [1.165, 1.54) is 30.0 Å². The first-order valence-corrected chi connectivity index (χ1v) is 7.35. The lowest BCUT2D eigenvalue weighted by molar-refractivity contribution is 0.212. The number of nitrogens with one attached hydrogen (secondary N) is 1. The van der Waals surface area contributed by atoms with Crippen molar-refractivity contribution in [3.8, 4) is 0 Å². The zero-order chi connectivity index (χ0) is 12.3. The summed E-state index contributed by atoms with van der Waals surface area (Å²) in [5.74, 6) is 0.800. The van der Waals surface area contributed by atoms with E-state index in [1.54, 1.807) is 11.3 Å². The molecule has 0 bridgehead atoms. The van der Waals surface area contributed by atoms with E-state index in [0.29, 0.717) is 6.04 Å². The molecule has 0 amide bonds. The first-order valence-electron chi connectivity index (χ1n) is 6.47. The highest BCUT2D eigenvalue weighted by Gasteiger charge is 2.22. The molecule has 2 atom stereocenters. The molecular weight excluding hydrogens is 230 g/mol. The lowest BCUT2D eigenvalue weighted by atomic mass is 9.92. The maximum Gasteiger partial charge on any atom is 0.0798 e. The Morgan fingerprint density at radius 2 is 2.41 bits per heavy atom. The van der Waals surface area contributed by atoms with Crippen molar-refractivity contribution in [3.05, 3.63) is 16.1 Å². The van der Waals surface area contributed by atoms with Gasteiger partial charge in [0.15, 0.2) is 0 Å². The summed E-state index contributed by atoms with van der Waals surface area (Å²) in [7, 11) is 2.21. The number of aryl methyl sites for hydroxylation is 1. The highest BCUT2D eigenvalue weighted by molar-refractivity contribution is 7.09. The predicted octanol–water partition coefficient (Wildman–Crippen LogP) is 2.27. The van der Waals surface area contributed by atoms with Crippen LogP contribution in [0.15, 0.2) is 5.51 Å². The van der Waals surface area contributed by atoms with Crippen molar-refractivity contribution < 1.29 is 0 Å². The van der Waals surface area contributed by atoms with E-state index < -0.39 is 0 Å². The van der Waals surface area contributed by atoms with E-state index in [1.807, 2.05) is 5.51 Å². The maximum atomic E-state index is 4.31. The van der Waals surface area contributed by atoms with Gasteiger partial charge in [-0.3, -0.25) is 4.90 Å². The average molecular weight is 253 g/mol. The van der Waals surface area contributed by atoms with Crippen LogP contribution >= 0.6 is 11.3 Å². The van der Waals surface area contributed by atoms with Gasteiger partial charge in [-0.15, -0.1) is 11.3 Å². The van der Waals surface area contributed by atoms with E-state index in [2.05, 4.69) is 36.1 Å². The number of likely N-dealkylation sites (N-methyl/N-ethyl adjacent to an activating group) is 1. The fraction of sp³-hybridized carbons (Fsp3) is 0.769. The lowest BCUT2D eigenvalue weighted by Crippen LogP contribution is -2.46. The molecule has 17 heavy (non-hydrogen) atoms. The van der Waals surface area contributed by atoms with Crippen LogP contribution in [0.4, 0.5) is 0 Å². The van der Waals surface area contributed by atoms with Gasteiger partial charge in [-0.25, -0.2) is 4.98 Å². The number of thiazole rings is 1. The van der Waals surface area contributed by atoms with Crippen molar-refractivity contribution >= 4 is 11.3 Å². The molecule has 0 aliphatic carbocycles. The topological polar surface area (TPSA) is 28.2 Å².